The van der Waals surface area contributed by atoms with Gasteiger partial charge in [-0.3, -0.25) is 0 Å². The van der Waals surface area contributed by atoms with Crippen molar-refractivity contribution in [3.8, 4) is 0 Å². The predicted octanol–water partition coefficient (Wildman–Crippen LogP) is -1.07. The second-order valence-electron chi connectivity index (χ2n) is 1.75. The van der Waals surface area contributed by atoms with Crippen LogP contribution in [0.25, 0.3) is 0 Å². The first kappa shape index (κ1) is 7.21. The van der Waals surface area contributed by atoms with Crippen LogP contribution in [0.2, 0.25) is 0 Å². The minimum atomic E-state index is 0. The Balaban J connectivity index is 0.000000360. The van der Waals surface area contributed by atoms with Gasteiger partial charge in [-0.1, -0.05) is 12.8 Å². The predicted molar refractivity (Wildman–Crippen MR) is 27.3 cm³/mol. The molecule has 0 aromatic carbocycles. The van der Waals surface area contributed by atoms with Crippen molar-refractivity contribution in [2.45, 2.75) is 19.3 Å². The Hall–Kier alpha value is 0.207. The summed E-state index contributed by atoms with van der Waals surface area (Å²) in [6.45, 7) is 3.80. The first-order chi connectivity index (χ1) is 2.89. The molecular weight excluding hydrogens is 79.0 g/mol. The molecule has 0 spiro atoms. The summed E-state index contributed by atoms with van der Waals surface area (Å²) in [6.07, 6.45) is 6.04. The number of rotatable bonds is 0. The minimum absolute atomic E-state index is 0. The smallest absolute Gasteiger partial charge is 0.242 e. The van der Waals surface area contributed by atoms with E-state index in [1.165, 1.54) is 24.8 Å². The quantitative estimate of drug-likeness (QED) is 0.261. The van der Waals surface area contributed by atoms with Crippen molar-refractivity contribution in [3.63, 3.8) is 0 Å². The summed E-state index contributed by atoms with van der Waals surface area (Å²) in [4.78, 5) is 0. The molecule has 1 aliphatic rings. The summed E-state index contributed by atoms with van der Waals surface area (Å²) in [7, 11) is 0. The van der Waals surface area contributed by atoms with Crippen LogP contribution in [-0.2, 0) is 0 Å². The van der Waals surface area contributed by atoms with E-state index in [0.717, 1.165) is 0 Å². The molecule has 0 nitrogen and oxygen atoms in total. The Morgan fingerprint density at radius 2 is 2.29 bits per heavy atom. The van der Waals surface area contributed by atoms with Crippen molar-refractivity contribution >= 4 is 0 Å². The Kier molecular flexibility index (Phi) is 3.34. The summed E-state index contributed by atoms with van der Waals surface area (Å²) in [5.41, 5.74) is 1.33. The first-order valence-electron chi connectivity index (χ1n) is 2.40. The molecule has 0 N–H and O–H groups in total. The van der Waals surface area contributed by atoms with Crippen LogP contribution in [0.3, 0.4) is 0 Å². The van der Waals surface area contributed by atoms with Crippen LogP contribution in [0.1, 0.15) is 19.3 Å². The average molecular weight is 88.1 g/mol. The largest absolute Gasteiger partial charge is 1.00 e. The van der Waals surface area contributed by atoms with Crippen LogP contribution in [0.5, 0.6) is 0 Å². The van der Waals surface area contributed by atoms with Gasteiger partial charge < -0.3 is 0 Å². The summed E-state index contributed by atoms with van der Waals surface area (Å²) >= 11 is 0. The Morgan fingerprint density at radius 1 is 1.57 bits per heavy atom. The molecule has 7 heavy (non-hydrogen) atoms. The van der Waals surface area contributed by atoms with Gasteiger partial charge in [0.15, 0.2) is 0 Å². The van der Waals surface area contributed by atoms with E-state index in [0.29, 0.717) is 0 Å². The maximum atomic E-state index is 3.80. The molecule has 1 heteroatoms. The minimum Gasteiger partial charge on any atom is -0.242 e. The second-order valence-corrected chi connectivity index (χ2v) is 1.75. The van der Waals surface area contributed by atoms with Gasteiger partial charge in [0.05, 0.1) is 0 Å². The maximum absolute atomic E-state index is 3.80. The molecular formula is C6H9Li. The van der Waals surface area contributed by atoms with Gasteiger partial charge in [0.1, 0.15) is 0 Å². The van der Waals surface area contributed by atoms with Crippen LogP contribution in [0.4, 0.5) is 0 Å². The van der Waals surface area contributed by atoms with E-state index in [1.807, 2.05) is 0 Å². The van der Waals surface area contributed by atoms with Crippen molar-refractivity contribution in [1.82, 2.24) is 0 Å². The molecule has 0 aromatic heterocycles. The molecule has 0 aromatic rings. The third kappa shape index (κ3) is 2.12. The fourth-order valence-corrected chi connectivity index (χ4v) is 0.737. The Labute approximate surface area is 57.2 Å². The average Bonchev–Trinajstić information content (AvgIpc) is 1.86. The van der Waals surface area contributed by atoms with Gasteiger partial charge in [-0.25, -0.2) is 18.6 Å². The van der Waals surface area contributed by atoms with E-state index in [9.17, 15) is 0 Å². The van der Waals surface area contributed by atoms with E-state index in [1.54, 1.807) is 0 Å². The summed E-state index contributed by atoms with van der Waals surface area (Å²) < 4.78 is 0. The van der Waals surface area contributed by atoms with Gasteiger partial charge in [0.25, 0.3) is 0 Å². The molecule has 0 atom stereocenters. The first-order valence-corrected chi connectivity index (χ1v) is 2.40. The fraction of sp³-hybridized carbons (Fsp3) is 0.500. The van der Waals surface area contributed by atoms with Crippen molar-refractivity contribution < 1.29 is 18.9 Å². The molecule has 0 unspecified atom stereocenters. The second kappa shape index (κ2) is 3.24. The van der Waals surface area contributed by atoms with Crippen LogP contribution in [-0.4, -0.2) is 0 Å². The normalized spacial score (nSPS) is 18.0. The Morgan fingerprint density at radius 3 is 2.43 bits per heavy atom. The van der Waals surface area contributed by atoms with E-state index in [4.69, 9.17) is 0 Å². The molecule has 0 aliphatic heterocycles. The zero-order valence-corrected chi connectivity index (χ0v) is 4.91. The standard InChI is InChI=1S/C6H9.Li/c1-6-4-2-3-5-6;/h4H,1-3,5H2;/q-1;+1. The molecule has 0 fully saturated rings. The van der Waals surface area contributed by atoms with Gasteiger partial charge in [-0.15, -0.1) is 6.42 Å². The fourth-order valence-electron chi connectivity index (χ4n) is 0.737. The maximum Gasteiger partial charge on any atom is 1.00 e. The van der Waals surface area contributed by atoms with Gasteiger partial charge in [-0.2, -0.15) is 0 Å². The van der Waals surface area contributed by atoms with Crippen molar-refractivity contribution in [1.29, 1.82) is 0 Å². The van der Waals surface area contributed by atoms with Crippen LogP contribution >= 0.6 is 0 Å². The van der Waals surface area contributed by atoms with Crippen LogP contribution in [0, 0.1) is 6.92 Å². The van der Waals surface area contributed by atoms with Gasteiger partial charge >= 0.3 is 18.9 Å². The SMILES string of the molecule is [CH2-]C1=CCCC1.[Li+]. The summed E-state index contributed by atoms with van der Waals surface area (Å²) in [5, 5.41) is 0. The van der Waals surface area contributed by atoms with E-state index < -0.39 is 0 Å². The molecule has 0 radical (unpaired) electrons. The number of hydrogen-bond acceptors (Lipinski definition) is 0. The molecule has 1 rings (SSSR count). The summed E-state index contributed by atoms with van der Waals surface area (Å²) in [6, 6.07) is 0. The molecule has 0 saturated carbocycles. The van der Waals surface area contributed by atoms with Crippen molar-refractivity contribution in [2.24, 2.45) is 0 Å². The van der Waals surface area contributed by atoms with Gasteiger partial charge in [0, 0.05) is 0 Å². The van der Waals surface area contributed by atoms with E-state index in [2.05, 4.69) is 13.0 Å². The number of allylic oxidation sites excluding steroid dienone is 2. The zero-order valence-electron chi connectivity index (χ0n) is 4.91. The zero-order chi connectivity index (χ0) is 4.41. The summed E-state index contributed by atoms with van der Waals surface area (Å²) in [5.74, 6) is 0. The molecule has 0 bridgehead atoms. The van der Waals surface area contributed by atoms with Gasteiger partial charge in [0.2, 0.25) is 0 Å². The third-order valence-corrected chi connectivity index (χ3v) is 1.14. The van der Waals surface area contributed by atoms with Crippen LogP contribution in [0.15, 0.2) is 11.6 Å². The molecule has 34 valence electrons. The number of hydrogen-bond donors (Lipinski definition) is 0. The van der Waals surface area contributed by atoms with E-state index in [-0.39, 0.29) is 18.9 Å². The topological polar surface area (TPSA) is 0 Å². The molecule has 0 heterocycles. The van der Waals surface area contributed by atoms with Crippen LogP contribution < -0.4 is 18.9 Å². The molecule has 0 saturated heterocycles. The molecule has 0 amide bonds. The van der Waals surface area contributed by atoms with E-state index >= 15 is 0 Å². The third-order valence-electron chi connectivity index (χ3n) is 1.14. The molecule has 1 aliphatic carbocycles. The Bertz CT molecular complexity index is 74.2. The van der Waals surface area contributed by atoms with Crippen molar-refractivity contribution in [3.05, 3.63) is 18.6 Å². The van der Waals surface area contributed by atoms with Gasteiger partial charge in [-0.05, 0) is 0 Å². The monoisotopic (exact) mass is 88.1 g/mol. The van der Waals surface area contributed by atoms with Crippen molar-refractivity contribution in [2.75, 3.05) is 0 Å².